The van der Waals surface area contributed by atoms with E-state index >= 15 is 0 Å². The van der Waals surface area contributed by atoms with Crippen LogP contribution in [-0.2, 0) is 14.2 Å². The van der Waals surface area contributed by atoms with Crippen LogP contribution in [0.25, 0.3) is 0 Å². The second kappa shape index (κ2) is 9.01. The van der Waals surface area contributed by atoms with Crippen LogP contribution >= 0.6 is 7.82 Å². The van der Waals surface area contributed by atoms with Crippen LogP contribution in [0.15, 0.2) is 0 Å². The van der Waals surface area contributed by atoms with Gasteiger partial charge in [0.1, 0.15) is 6.10 Å². The van der Waals surface area contributed by atoms with E-state index in [-0.39, 0.29) is 19.6 Å². The van der Waals surface area contributed by atoms with Gasteiger partial charge in [-0.3, -0.25) is 9.59 Å². The summed E-state index contributed by atoms with van der Waals surface area (Å²) in [5, 5.41) is 29.0. The Morgan fingerprint density at radius 3 is 1.95 bits per heavy atom. The molecule has 120 valence electrons. The van der Waals surface area contributed by atoms with Crippen molar-refractivity contribution in [2.24, 2.45) is 5.41 Å². The van der Waals surface area contributed by atoms with Gasteiger partial charge in [0, 0.05) is 12.0 Å². The van der Waals surface area contributed by atoms with E-state index in [1.54, 1.807) is 0 Å². The standard InChI is InChI=1S/C9H17NO5.H3O4P/c1-9(2,5-11)7(14)8(15)10-4-3-6(12)13;1-5(2,3)4/h7,11,14H,3-5H2,1-2H3,(H,10,15)(H,12,13);(H3,1,2,3,4). The zero-order valence-electron chi connectivity index (χ0n) is 11.1. The Balaban J connectivity index is 0. The number of hydrogen-bond acceptors (Lipinski definition) is 5. The van der Waals surface area contributed by atoms with Crippen LogP contribution in [0, 0.1) is 5.41 Å². The predicted molar refractivity (Wildman–Crippen MR) is 66.4 cm³/mol. The first-order chi connectivity index (χ1) is 8.81. The number of carbonyl (C=O) groups excluding carboxylic acids is 1. The maximum Gasteiger partial charge on any atom is 0.466 e. The van der Waals surface area contributed by atoms with Crippen LogP contribution in [0.3, 0.4) is 0 Å². The van der Waals surface area contributed by atoms with E-state index in [2.05, 4.69) is 5.32 Å². The molecular weight excluding hydrogens is 297 g/mol. The predicted octanol–water partition coefficient (Wildman–Crippen LogP) is -1.97. The molecule has 10 nitrogen and oxygen atoms in total. The lowest BCUT2D eigenvalue weighted by molar-refractivity contribution is -0.138. The van der Waals surface area contributed by atoms with Gasteiger partial charge in [-0.1, -0.05) is 13.8 Å². The second-order valence-electron chi connectivity index (χ2n) is 4.50. The van der Waals surface area contributed by atoms with Crippen molar-refractivity contribution in [3.8, 4) is 0 Å². The highest BCUT2D eigenvalue weighted by molar-refractivity contribution is 7.45. The number of nitrogens with one attached hydrogen (secondary N) is 1. The zero-order valence-corrected chi connectivity index (χ0v) is 11.9. The number of phosphoric acid groups is 1. The molecule has 0 aliphatic heterocycles. The Kier molecular flexibility index (Phi) is 9.58. The third kappa shape index (κ3) is 13.4. The van der Waals surface area contributed by atoms with Gasteiger partial charge < -0.3 is 35.3 Å². The fourth-order valence-electron chi connectivity index (χ4n) is 0.831. The number of hydrogen-bond donors (Lipinski definition) is 7. The first-order valence-corrected chi connectivity index (χ1v) is 6.94. The lowest BCUT2D eigenvalue weighted by atomic mass is 9.87. The van der Waals surface area contributed by atoms with Gasteiger partial charge in [0.25, 0.3) is 0 Å². The SMILES string of the molecule is CC(C)(CO)C(O)C(=O)NCCC(=O)O.O=P(O)(O)O. The molecule has 0 aliphatic rings. The molecule has 1 unspecified atom stereocenters. The minimum atomic E-state index is -4.64. The average molecular weight is 317 g/mol. The van der Waals surface area contributed by atoms with Crippen molar-refractivity contribution < 1.29 is 44.2 Å². The van der Waals surface area contributed by atoms with Crippen molar-refractivity contribution >= 4 is 19.7 Å². The van der Waals surface area contributed by atoms with Crippen LogP contribution in [-0.4, -0.2) is 61.1 Å². The van der Waals surface area contributed by atoms with Gasteiger partial charge in [0.15, 0.2) is 0 Å². The molecule has 0 radical (unpaired) electrons. The summed E-state index contributed by atoms with van der Waals surface area (Å²) < 4.78 is 8.88. The number of carboxylic acids is 1. The molecular formula is C9H20NO9P. The van der Waals surface area contributed by atoms with Gasteiger partial charge >= 0.3 is 13.8 Å². The van der Waals surface area contributed by atoms with Gasteiger partial charge in [0.2, 0.25) is 5.91 Å². The Hall–Kier alpha value is -1.03. The Labute approximate surface area is 115 Å². The van der Waals surface area contributed by atoms with E-state index in [9.17, 15) is 14.7 Å². The Morgan fingerprint density at radius 1 is 1.25 bits per heavy atom. The van der Waals surface area contributed by atoms with Gasteiger partial charge in [0.05, 0.1) is 13.0 Å². The van der Waals surface area contributed by atoms with Gasteiger partial charge in [-0.25, -0.2) is 4.57 Å². The highest BCUT2D eigenvalue weighted by Gasteiger charge is 2.32. The highest BCUT2D eigenvalue weighted by atomic mass is 31.2. The quantitative estimate of drug-likeness (QED) is 0.273. The molecule has 0 saturated carbocycles. The number of aliphatic carboxylic acids is 1. The van der Waals surface area contributed by atoms with E-state index in [4.69, 9.17) is 29.5 Å². The number of carbonyl (C=O) groups is 2. The van der Waals surface area contributed by atoms with Crippen LogP contribution in [0.4, 0.5) is 0 Å². The third-order valence-electron chi connectivity index (χ3n) is 2.03. The summed E-state index contributed by atoms with van der Waals surface area (Å²) in [6, 6.07) is 0. The first-order valence-electron chi connectivity index (χ1n) is 5.38. The fourth-order valence-corrected chi connectivity index (χ4v) is 0.831. The topological polar surface area (TPSA) is 185 Å². The van der Waals surface area contributed by atoms with E-state index in [1.165, 1.54) is 13.8 Å². The Morgan fingerprint density at radius 2 is 1.65 bits per heavy atom. The van der Waals surface area contributed by atoms with Crippen molar-refractivity contribution in [3.63, 3.8) is 0 Å². The van der Waals surface area contributed by atoms with Crippen LogP contribution < -0.4 is 5.32 Å². The summed E-state index contributed by atoms with van der Waals surface area (Å²) in [6.45, 7) is 2.70. The smallest absolute Gasteiger partial charge is 0.466 e. The summed E-state index contributed by atoms with van der Waals surface area (Å²) in [4.78, 5) is 43.0. The number of aliphatic hydroxyl groups is 2. The molecule has 0 aromatic rings. The van der Waals surface area contributed by atoms with Crippen molar-refractivity contribution in [2.75, 3.05) is 13.2 Å². The number of aliphatic hydroxyl groups excluding tert-OH is 2. The molecule has 0 aliphatic carbocycles. The molecule has 0 aromatic carbocycles. The molecule has 0 spiro atoms. The first kappa shape index (κ1) is 21.3. The summed E-state index contributed by atoms with van der Waals surface area (Å²) in [5.41, 5.74) is -0.937. The minimum absolute atomic E-state index is 0.0350. The molecule has 0 heterocycles. The molecule has 0 bridgehead atoms. The zero-order chi connectivity index (χ0) is 16.6. The number of carboxylic acid groups (broad SMARTS) is 1. The van der Waals surface area contributed by atoms with Gasteiger partial charge in [-0.15, -0.1) is 0 Å². The monoisotopic (exact) mass is 317 g/mol. The molecule has 11 heteroatoms. The van der Waals surface area contributed by atoms with E-state index < -0.39 is 31.2 Å². The number of amides is 1. The number of rotatable bonds is 6. The van der Waals surface area contributed by atoms with E-state index in [0.29, 0.717) is 0 Å². The normalized spacial score (nSPS) is 12.9. The van der Waals surface area contributed by atoms with Crippen molar-refractivity contribution in [2.45, 2.75) is 26.4 Å². The largest absolute Gasteiger partial charge is 0.481 e. The third-order valence-corrected chi connectivity index (χ3v) is 2.03. The summed E-state index contributed by atoms with van der Waals surface area (Å²) >= 11 is 0. The fraction of sp³-hybridized carbons (Fsp3) is 0.778. The summed E-state index contributed by atoms with van der Waals surface area (Å²) in [5.74, 6) is -1.69. The molecule has 1 amide bonds. The molecule has 1 atom stereocenters. The van der Waals surface area contributed by atoms with Gasteiger partial charge in [-0.2, -0.15) is 0 Å². The molecule has 7 N–H and O–H groups in total. The minimum Gasteiger partial charge on any atom is -0.481 e. The summed E-state index contributed by atoms with van der Waals surface area (Å²) in [6.07, 6.45) is -1.55. The van der Waals surface area contributed by atoms with Crippen molar-refractivity contribution in [1.82, 2.24) is 5.32 Å². The lowest BCUT2D eigenvalue weighted by Crippen LogP contribution is -2.45. The summed E-state index contributed by atoms with van der Waals surface area (Å²) in [7, 11) is -4.64. The average Bonchev–Trinajstić information content (AvgIpc) is 2.25. The van der Waals surface area contributed by atoms with Crippen molar-refractivity contribution in [1.29, 1.82) is 0 Å². The molecule has 0 fully saturated rings. The van der Waals surface area contributed by atoms with E-state index in [0.717, 1.165) is 0 Å². The van der Waals surface area contributed by atoms with E-state index in [1.807, 2.05) is 0 Å². The molecule has 0 rings (SSSR count). The molecule has 0 aromatic heterocycles. The Bertz CT molecular complexity index is 356. The maximum absolute atomic E-state index is 11.3. The molecule has 20 heavy (non-hydrogen) atoms. The highest BCUT2D eigenvalue weighted by Crippen LogP contribution is 2.25. The maximum atomic E-state index is 11.3. The lowest BCUT2D eigenvalue weighted by Gasteiger charge is -2.26. The van der Waals surface area contributed by atoms with Crippen molar-refractivity contribution in [3.05, 3.63) is 0 Å². The van der Waals surface area contributed by atoms with Gasteiger partial charge in [-0.05, 0) is 0 Å². The van der Waals surface area contributed by atoms with Crippen LogP contribution in [0.2, 0.25) is 0 Å². The van der Waals surface area contributed by atoms with Crippen LogP contribution in [0.1, 0.15) is 20.3 Å². The second-order valence-corrected chi connectivity index (χ2v) is 5.52. The molecule has 0 saturated heterocycles. The van der Waals surface area contributed by atoms with Crippen LogP contribution in [0.5, 0.6) is 0 Å².